The molecule has 17 heavy (non-hydrogen) atoms. The third-order valence-electron chi connectivity index (χ3n) is 2.84. The van der Waals surface area contributed by atoms with E-state index in [2.05, 4.69) is 12.1 Å². The molecule has 0 saturated heterocycles. The van der Waals surface area contributed by atoms with Crippen LogP contribution in [0.1, 0.15) is 25.3 Å². The first-order chi connectivity index (χ1) is 8.24. The second-order valence-corrected chi connectivity index (χ2v) is 4.90. The van der Waals surface area contributed by atoms with Gasteiger partial charge in [-0.25, -0.2) is 0 Å². The van der Waals surface area contributed by atoms with Crippen LogP contribution < -0.4 is 10.5 Å². The van der Waals surface area contributed by atoms with Gasteiger partial charge in [0, 0.05) is 6.04 Å². The maximum Gasteiger partial charge on any atom is 0.189 e. The van der Waals surface area contributed by atoms with Crippen LogP contribution in [0.2, 0.25) is 0 Å². The Hall–Kier alpha value is -1.06. The van der Waals surface area contributed by atoms with Gasteiger partial charge >= 0.3 is 0 Å². The summed E-state index contributed by atoms with van der Waals surface area (Å²) >= 11 is 0. The van der Waals surface area contributed by atoms with E-state index in [4.69, 9.17) is 15.2 Å². The molecule has 0 aromatic heterocycles. The molecule has 0 heterocycles. The summed E-state index contributed by atoms with van der Waals surface area (Å²) < 4.78 is 10.9. The van der Waals surface area contributed by atoms with Crippen LogP contribution in [0.5, 0.6) is 5.75 Å². The fraction of sp³-hybridized carbons (Fsp3) is 0.571. The molecule has 3 nitrogen and oxygen atoms in total. The third kappa shape index (κ3) is 4.75. The van der Waals surface area contributed by atoms with Gasteiger partial charge in [0.1, 0.15) is 5.75 Å². The molecule has 1 unspecified atom stereocenters. The van der Waals surface area contributed by atoms with Gasteiger partial charge in [-0.15, -0.1) is 0 Å². The Morgan fingerprint density at radius 2 is 2.00 bits per heavy atom. The van der Waals surface area contributed by atoms with Gasteiger partial charge in [-0.05, 0) is 49.8 Å². The van der Waals surface area contributed by atoms with Gasteiger partial charge in [0.2, 0.25) is 0 Å². The minimum Gasteiger partial charge on any atom is -0.468 e. The Kier molecular flexibility index (Phi) is 4.40. The smallest absolute Gasteiger partial charge is 0.189 e. The lowest BCUT2D eigenvalue weighted by Crippen LogP contribution is -2.17. The van der Waals surface area contributed by atoms with Gasteiger partial charge in [-0.1, -0.05) is 12.1 Å². The lowest BCUT2D eigenvalue weighted by Gasteiger charge is -2.08. The minimum atomic E-state index is 0.198. The van der Waals surface area contributed by atoms with Gasteiger partial charge in [-0.3, -0.25) is 0 Å². The molecule has 94 valence electrons. The SMILES string of the molecule is CC(N)Cc1ccc(OCOCC2CC2)cc1. The Morgan fingerprint density at radius 3 is 2.59 bits per heavy atom. The van der Waals surface area contributed by atoms with Gasteiger partial charge in [0.05, 0.1) is 6.61 Å². The van der Waals surface area contributed by atoms with E-state index in [1.54, 1.807) is 0 Å². The van der Waals surface area contributed by atoms with Gasteiger partial charge in [0.25, 0.3) is 0 Å². The van der Waals surface area contributed by atoms with Gasteiger partial charge in [-0.2, -0.15) is 0 Å². The fourth-order valence-corrected chi connectivity index (χ4v) is 1.70. The van der Waals surface area contributed by atoms with Crippen LogP contribution >= 0.6 is 0 Å². The van der Waals surface area contributed by atoms with E-state index in [0.29, 0.717) is 6.79 Å². The summed E-state index contributed by atoms with van der Waals surface area (Å²) in [4.78, 5) is 0. The third-order valence-corrected chi connectivity index (χ3v) is 2.84. The summed E-state index contributed by atoms with van der Waals surface area (Å²) in [5, 5.41) is 0. The van der Waals surface area contributed by atoms with Crippen LogP contribution in [0, 0.1) is 5.92 Å². The number of hydrogen-bond acceptors (Lipinski definition) is 3. The summed E-state index contributed by atoms with van der Waals surface area (Å²) in [5.74, 6) is 1.64. The van der Waals surface area contributed by atoms with Crippen molar-refractivity contribution in [2.24, 2.45) is 11.7 Å². The van der Waals surface area contributed by atoms with E-state index < -0.39 is 0 Å². The number of rotatable bonds is 7. The molecule has 0 bridgehead atoms. The van der Waals surface area contributed by atoms with Crippen molar-refractivity contribution in [3.05, 3.63) is 29.8 Å². The van der Waals surface area contributed by atoms with Gasteiger partial charge < -0.3 is 15.2 Å². The zero-order valence-corrected chi connectivity index (χ0v) is 10.4. The van der Waals surface area contributed by atoms with Crippen molar-refractivity contribution >= 4 is 0 Å². The highest BCUT2D eigenvalue weighted by Crippen LogP contribution is 2.28. The standard InChI is InChI=1S/C14H21NO2/c1-11(15)8-12-4-6-14(7-5-12)17-10-16-9-13-2-3-13/h4-7,11,13H,2-3,8-10,15H2,1H3. The topological polar surface area (TPSA) is 44.5 Å². The molecule has 2 rings (SSSR count). The van der Waals surface area contributed by atoms with Crippen molar-refractivity contribution in [3.63, 3.8) is 0 Å². The first-order valence-corrected chi connectivity index (χ1v) is 6.29. The fourth-order valence-electron chi connectivity index (χ4n) is 1.70. The van der Waals surface area contributed by atoms with Crippen molar-refractivity contribution in [3.8, 4) is 5.75 Å². The zero-order chi connectivity index (χ0) is 12.1. The van der Waals surface area contributed by atoms with Crippen LogP contribution in [0.15, 0.2) is 24.3 Å². The molecule has 0 spiro atoms. The van der Waals surface area contributed by atoms with E-state index in [9.17, 15) is 0 Å². The summed E-state index contributed by atoms with van der Waals surface area (Å²) in [6.45, 7) is 3.20. The Labute approximate surface area is 103 Å². The molecule has 1 atom stereocenters. The lowest BCUT2D eigenvalue weighted by atomic mass is 10.1. The van der Waals surface area contributed by atoms with Crippen LogP contribution in [-0.2, 0) is 11.2 Å². The maximum absolute atomic E-state index is 5.74. The molecule has 3 heteroatoms. The summed E-state index contributed by atoms with van der Waals surface area (Å²) in [7, 11) is 0. The zero-order valence-electron chi connectivity index (χ0n) is 10.4. The molecule has 1 saturated carbocycles. The molecular formula is C14H21NO2. The monoisotopic (exact) mass is 235 g/mol. The van der Waals surface area contributed by atoms with Crippen molar-refractivity contribution in [1.29, 1.82) is 0 Å². The van der Waals surface area contributed by atoms with E-state index in [1.807, 2.05) is 19.1 Å². The molecular weight excluding hydrogens is 214 g/mol. The largest absolute Gasteiger partial charge is 0.468 e. The Bertz CT molecular complexity index is 331. The highest BCUT2D eigenvalue weighted by atomic mass is 16.7. The molecule has 2 N–H and O–H groups in total. The quantitative estimate of drug-likeness (QED) is 0.583. The van der Waals surface area contributed by atoms with Crippen molar-refractivity contribution in [2.75, 3.05) is 13.4 Å². The van der Waals surface area contributed by atoms with Gasteiger partial charge in [0.15, 0.2) is 6.79 Å². The summed E-state index contributed by atoms with van der Waals surface area (Å²) in [6, 6.07) is 8.25. The number of nitrogens with two attached hydrogens (primary N) is 1. The van der Waals surface area contributed by atoms with Crippen LogP contribution in [-0.4, -0.2) is 19.4 Å². The summed E-state index contributed by atoms with van der Waals surface area (Å²) in [5.41, 5.74) is 6.99. The molecule has 1 aliphatic rings. The average molecular weight is 235 g/mol. The van der Waals surface area contributed by atoms with Crippen molar-refractivity contribution in [2.45, 2.75) is 32.2 Å². The molecule has 1 aromatic carbocycles. The Balaban J connectivity index is 1.69. The second-order valence-electron chi connectivity index (χ2n) is 4.90. The number of ether oxygens (including phenoxy) is 2. The van der Waals surface area contributed by atoms with Crippen LogP contribution in [0.4, 0.5) is 0 Å². The highest BCUT2D eigenvalue weighted by Gasteiger charge is 2.20. The molecule has 1 aliphatic carbocycles. The average Bonchev–Trinajstić information content (AvgIpc) is 3.10. The molecule has 1 fully saturated rings. The molecule has 0 radical (unpaired) electrons. The minimum absolute atomic E-state index is 0.198. The first kappa shape index (κ1) is 12.4. The highest BCUT2D eigenvalue weighted by molar-refractivity contribution is 5.27. The predicted octanol–water partition coefficient (Wildman–Crippen LogP) is 2.34. The van der Waals surface area contributed by atoms with Crippen LogP contribution in [0.3, 0.4) is 0 Å². The number of hydrogen-bond donors (Lipinski definition) is 1. The van der Waals surface area contributed by atoms with E-state index in [-0.39, 0.29) is 6.04 Å². The van der Waals surface area contributed by atoms with E-state index >= 15 is 0 Å². The van der Waals surface area contributed by atoms with Crippen LogP contribution in [0.25, 0.3) is 0 Å². The molecule has 1 aromatic rings. The van der Waals surface area contributed by atoms with Crippen molar-refractivity contribution < 1.29 is 9.47 Å². The predicted molar refractivity (Wildman–Crippen MR) is 68.0 cm³/mol. The maximum atomic E-state index is 5.74. The second kappa shape index (κ2) is 6.03. The molecule has 0 aliphatic heterocycles. The summed E-state index contributed by atoms with van der Waals surface area (Å²) in [6.07, 6.45) is 3.52. The van der Waals surface area contributed by atoms with E-state index in [0.717, 1.165) is 24.7 Å². The normalized spacial score (nSPS) is 16.8. The molecule has 0 amide bonds. The first-order valence-electron chi connectivity index (χ1n) is 6.29. The number of benzene rings is 1. The lowest BCUT2D eigenvalue weighted by molar-refractivity contribution is 0.00997. The van der Waals surface area contributed by atoms with E-state index in [1.165, 1.54) is 18.4 Å². The van der Waals surface area contributed by atoms with Crippen molar-refractivity contribution in [1.82, 2.24) is 0 Å². The Morgan fingerprint density at radius 1 is 1.29 bits per heavy atom.